The maximum Gasteiger partial charge on any atom is 0.119 e. The predicted molar refractivity (Wildman–Crippen MR) is 76.7 cm³/mol. The fraction of sp³-hybridized carbons (Fsp3) is 0.600. The molecule has 1 aromatic rings. The van der Waals surface area contributed by atoms with E-state index in [0.717, 1.165) is 14.0 Å². The first-order valence-corrected chi connectivity index (χ1v) is 5.50. The van der Waals surface area contributed by atoms with Crippen molar-refractivity contribution in [1.29, 1.82) is 0 Å². The number of hydrogen-bond donors (Lipinski definition) is 2. The van der Waals surface area contributed by atoms with E-state index in [1.807, 2.05) is 5.32 Å². The highest BCUT2D eigenvalue weighted by Crippen LogP contribution is 2.12. The minimum atomic E-state index is -3.04. The van der Waals surface area contributed by atoms with Crippen LogP contribution >= 0.6 is 0 Å². The first-order valence-electron chi connectivity index (χ1n) is 11.0. The molecule has 0 spiro atoms. The topological polar surface area (TPSA) is 50.7 Å². The van der Waals surface area contributed by atoms with Crippen LogP contribution in [-0.2, 0) is 11.1 Å². The van der Waals surface area contributed by atoms with Crippen molar-refractivity contribution < 1.29 is 29.7 Å². The van der Waals surface area contributed by atoms with Crippen LogP contribution in [0.1, 0.15) is 34.4 Å². The summed E-state index contributed by atoms with van der Waals surface area (Å²) in [5, 5.41) is 12.0. The van der Waals surface area contributed by atoms with Gasteiger partial charge in [0, 0.05) is 30.6 Å². The molecule has 2 atom stereocenters. The van der Waals surface area contributed by atoms with Crippen molar-refractivity contribution in [2.45, 2.75) is 32.2 Å². The summed E-state index contributed by atoms with van der Waals surface area (Å²) in [4.78, 5) is 0. The van der Waals surface area contributed by atoms with E-state index in [4.69, 9.17) is 19.8 Å². The molecule has 1 aromatic carbocycles. The summed E-state index contributed by atoms with van der Waals surface area (Å²) >= 11 is 0. The Hall–Kier alpha value is -1.10. The predicted octanol–water partition coefficient (Wildman–Crippen LogP) is 1.61. The lowest BCUT2D eigenvalue weighted by atomic mass is 10.1. The number of benzene rings is 1. The molecule has 19 heavy (non-hydrogen) atoms. The number of methoxy groups -OCH3 is 1. The fourth-order valence-corrected chi connectivity index (χ4v) is 1.10. The normalized spacial score (nSPS) is 28.9. The third-order valence-electron chi connectivity index (χ3n) is 1.92. The number of hydrogen-bond acceptors (Lipinski definition) is 4. The van der Waals surface area contributed by atoms with Crippen LogP contribution in [0.15, 0.2) is 24.3 Å². The molecule has 0 aliphatic heterocycles. The summed E-state index contributed by atoms with van der Waals surface area (Å²) in [5.41, 5.74) is -0.0671. The van der Waals surface area contributed by atoms with Crippen molar-refractivity contribution in [1.82, 2.24) is 5.32 Å². The van der Waals surface area contributed by atoms with Crippen molar-refractivity contribution in [2.75, 3.05) is 26.8 Å². The minimum absolute atomic E-state index is 0.0125. The van der Waals surface area contributed by atoms with Crippen molar-refractivity contribution in [3.05, 3.63) is 29.8 Å². The second-order valence-corrected chi connectivity index (χ2v) is 3.57. The monoisotopic (exact) mass is 278 g/mol. The van der Waals surface area contributed by atoms with E-state index in [1.165, 1.54) is 24.3 Å². The zero-order valence-corrected chi connectivity index (χ0v) is 10.8. The highest BCUT2D eigenvalue weighted by molar-refractivity contribution is 5.27. The quantitative estimate of drug-likeness (QED) is 0.720. The Labute approximate surface area is 131 Å². The third kappa shape index (κ3) is 7.15. The van der Waals surface area contributed by atoms with Gasteiger partial charge < -0.3 is 19.9 Å². The Morgan fingerprint density at radius 3 is 2.84 bits per heavy atom. The first kappa shape index (κ1) is 6.12. The van der Waals surface area contributed by atoms with Gasteiger partial charge in [-0.3, -0.25) is 0 Å². The van der Waals surface area contributed by atoms with Crippen LogP contribution in [0, 0.1) is 0 Å². The molecule has 0 aliphatic rings. The molecular weight excluding hydrogens is 242 g/mol. The van der Waals surface area contributed by atoms with Crippen molar-refractivity contribution in [3.8, 4) is 5.75 Å². The van der Waals surface area contributed by atoms with Crippen LogP contribution in [0.2, 0.25) is 0 Å². The second-order valence-electron chi connectivity index (χ2n) is 3.57. The van der Waals surface area contributed by atoms with E-state index in [9.17, 15) is 5.11 Å². The lowest BCUT2D eigenvalue weighted by molar-refractivity contribution is 0.104. The maximum absolute atomic E-state index is 10.2. The largest absolute Gasteiger partial charge is 0.491 e. The van der Waals surface area contributed by atoms with Gasteiger partial charge in [0.15, 0.2) is 0 Å². The van der Waals surface area contributed by atoms with Gasteiger partial charge in [0.05, 0.1) is 10.7 Å². The summed E-state index contributed by atoms with van der Waals surface area (Å²) in [6, 6.07) is 2.39. The average molecular weight is 278 g/mol. The van der Waals surface area contributed by atoms with Crippen molar-refractivity contribution in [3.63, 3.8) is 0 Å². The standard InChI is InChI=1S/C15H25NO3/c1-12(2)16-10-14(17)11-19-15-6-4-13(5-7-15)8-9-18-3/h4-7,12,14,16-17H,8-11H2,1-3H3/i1D3,8D2,9D2,10D2,12D,14D. The van der Waals surface area contributed by atoms with Crippen LogP contribution in [0.25, 0.3) is 0 Å². The Morgan fingerprint density at radius 1 is 1.47 bits per heavy atom. The number of ether oxygens (including phenoxy) is 2. The lowest BCUT2D eigenvalue weighted by Crippen LogP contribution is -2.35. The van der Waals surface area contributed by atoms with Crippen LogP contribution in [-0.4, -0.2) is 44.0 Å². The van der Waals surface area contributed by atoms with E-state index in [0.29, 0.717) is 0 Å². The Balaban J connectivity index is 2.93. The molecule has 0 saturated carbocycles. The summed E-state index contributed by atoms with van der Waals surface area (Å²) in [5.74, 6) is 0.0125. The zero-order valence-electron chi connectivity index (χ0n) is 21.8. The van der Waals surface area contributed by atoms with Crippen molar-refractivity contribution in [2.24, 2.45) is 0 Å². The molecule has 0 saturated heterocycles. The molecule has 0 heterocycles. The molecule has 4 nitrogen and oxygen atoms in total. The van der Waals surface area contributed by atoms with Gasteiger partial charge in [-0.15, -0.1) is 0 Å². The molecular formula is C15H25NO3. The SMILES string of the molecule is [2H]C([2H])([2H])C([2H])(C)NC([2H])([2H])C([2H])(O)COc1ccc(C([2H])([2H])C([2H])([2H])OC)cc1. The molecule has 108 valence electrons. The van der Waals surface area contributed by atoms with Gasteiger partial charge in [0.1, 0.15) is 18.4 Å². The number of nitrogens with one attached hydrogen (secondary N) is 1. The molecule has 0 aliphatic carbocycles. The smallest absolute Gasteiger partial charge is 0.119 e. The average Bonchev–Trinajstić information content (AvgIpc) is 2.58. The Morgan fingerprint density at radius 2 is 2.21 bits per heavy atom. The summed E-state index contributed by atoms with van der Waals surface area (Å²) in [6.07, 6.45) is -5.48. The number of aliphatic hydroxyl groups is 1. The highest BCUT2D eigenvalue weighted by Gasteiger charge is 2.05. The second kappa shape index (κ2) is 8.91. The van der Waals surface area contributed by atoms with Crippen LogP contribution in [0.3, 0.4) is 0 Å². The van der Waals surface area contributed by atoms with Crippen LogP contribution < -0.4 is 10.1 Å². The highest BCUT2D eigenvalue weighted by atomic mass is 16.5. The maximum atomic E-state index is 10.2. The summed E-state index contributed by atoms with van der Waals surface area (Å²) in [6.45, 7) is -8.64. The third-order valence-corrected chi connectivity index (χ3v) is 1.92. The van der Waals surface area contributed by atoms with E-state index >= 15 is 0 Å². The van der Waals surface area contributed by atoms with E-state index in [2.05, 4.69) is 4.74 Å². The van der Waals surface area contributed by atoms with Crippen LogP contribution in [0.5, 0.6) is 5.75 Å². The molecule has 1 rings (SSSR count). The van der Waals surface area contributed by atoms with Gasteiger partial charge in [-0.1, -0.05) is 25.9 Å². The molecule has 0 fully saturated rings. The van der Waals surface area contributed by atoms with Gasteiger partial charge in [0.25, 0.3) is 0 Å². The number of rotatable bonds is 9. The molecule has 0 bridgehead atoms. The van der Waals surface area contributed by atoms with Gasteiger partial charge in [0.2, 0.25) is 0 Å². The van der Waals surface area contributed by atoms with Crippen molar-refractivity contribution >= 4 is 0 Å². The summed E-state index contributed by atoms with van der Waals surface area (Å²) < 4.78 is 93.6. The zero-order chi connectivity index (χ0) is 23.8. The fourth-order valence-electron chi connectivity index (χ4n) is 1.10. The van der Waals surface area contributed by atoms with Gasteiger partial charge in [-0.25, -0.2) is 0 Å². The minimum Gasteiger partial charge on any atom is -0.491 e. The van der Waals surface area contributed by atoms with E-state index < -0.39 is 45.0 Å². The first-order chi connectivity index (χ1) is 13.2. The van der Waals surface area contributed by atoms with Gasteiger partial charge in [-0.2, -0.15) is 0 Å². The molecule has 2 unspecified atom stereocenters. The lowest BCUT2D eigenvalue weighted by Gasteiger charge is -2.15. The molecule has 2 N–H and O–H groups in total. The number of aryl methyl sites for hydroxylation is 1. The van der Waals surface area contributed by atoms with E-state index in [-0.39, 0.29) is 11.3 Å². The Bertz CT molecular complexity index is 718. The molecule has 0 aromatic heterocycles. The molecule has 0 radical (unpaired) electrons. The summed E-state index contributed by atoms with van der Waals surface area (Å²) in [7, 11) is 1.03. The van der Waals surface area contributed by atoms with Gasteiger partial charge in [-0.05, 0) is 24.1 Å². The Kier molecular flexibility index (Phi) is 2.87. The van der Waals surface area contributed by atoms with Crippen LogP contribution in [0.4, 0.5) is 0 Å². The van der Waals surface area contributed by atoms with Gasteiger partial charge >= 0.3 is 0 Å². The molecule has 4 heteroatoms. The molecule has 0 amide bonds. The van der Waals surface area contributed by atoms with E-state index in [1.54, 1.807) is 0 Å².